The maximum atomic E-state index is 11.9. The molecule has 0 aromatic carbocycles. The lowest BCUT2D eigenvalue weighted by Gasteiger charge is -2.32. The highest BCUT2D eigenvalue weighted by Crippen LogP contribution is 2.32. The van der Waals surface area contributed by atoms with Crippen molar-refractivity contribution in [2.24, 2.45) is 0 Å². The Morgan fingerprint density at radius 3 is 3.15 bits per heavy atom. The minimum atomic E-state index is -0.905. The second-order valence-electron chi connectivity index (χ2n) is 3.76. The molecule has 72 valence electrons. The van der Waals surface area contributed by atoms with E-state index < -0.39 is 11.0 Å². The van der Waals surface area contributed by atoms with Crippen LogP contribution < -0.4 is 0 Å². The van der Waals surface area contributed by atoms with Crippen LogP contribution >= 0.6 is 0 Å². The molecule has 1 aliphatic carbocycles. The highest BCUT2D eigenvalue weighted by atomic mass is 32.2. The fourth-order valence-corrected chi connectivity index (χ4v) is 3.23. The molecule has 0 bridgehead atoms. The van der Waals surface area contributed by atoms with Crippen LogP contribution in [0.5, 0.6) is 0 Å². The molecule has 1 aliphatic heterocycles. The molecule has 0 aromatic rings. The van der Waals surface area contributed by atoms with Crippen molar-refractivity contribution < 1.29 is 4.21 Å². The zero-order valence-corrected chi connectivity index (χ0v) is 8.93. The maximum Gasteiger partial charge on any atom is 0.127 e. The molecular weight excluding hydrogens is 182 g/mol. The van der Waals surface area contributed by atoms with E-state index in [1.807, 2.05) is 17.4 Å². The van der Waals surface area contributed by atoms with Crippen LogP contribution in [0.2, 0.25) is 0 Å². The lowest BCUT2D eigenvalue weighted by Crippen LogP contribution is -2.36. The molecule has 13 heavy (non-hydrogen) atoms. The van der Waals surface area contributed by atoms with Crippen LogP contribution in [0.3, 0.4) is 0 Å². The van der Waals surface area contributed by atoms with E-state index in [1.165, 1.54) is 5.57 Å². The lowest BCUT2D eigenvalue weighted by molar-refractivity contribution is 0.403. The minimum absolute atomic E-state index is 0.422. The Morgan fingerprint density at radius 2 is 2.38 bits per heavy atom. The molecular formula is C10H15NOS. The molecule has 0 saturated heterocycles. The van der Waals surface area contributed by atoms with Crippen LogP contribution in [-0.4, -0.2) is 21.6 Å². The van der Waals surface area contributed by atoms with Gasteiger partial charge in [0.2, 0.25) is 0 Å². The Bertz CT molecular complexity index is 306. The molecule has 2 nitrogen and oxygen atoms in total. The van der Waals surface area contributed by atoms with Gasteiger partial charge in [-0.05, 0) is 32.3 Å². The summed E-state index contributed by atoms with van der Waals surface area (Å²) in [6.45, 7) is 2.14. The van der Waals surface area contributed by atoms with Crippen LogP contribution in [0.15, 0.2) is 22.6 Å². The van der Waals surface area contributed by atoms with Crippen molar-refractivity contribution in [2.45, 2.75) is 32.2 Å². The first-order valence-corrected chi connectivity index (χ1v) is 5.84. The first-order chi connectivity index (χ1) is 6.20. The number of allylic oxidation sites excluding steroid dienone is 2. The second kappa shape index (κ2) is 3.39. The zero-order valence-electron chi connectivity index (χ0n) is 8.12. The van der Waals surface area contributed by atoms with Gasteiger partial charge in [-0.3, -0.25) is 0 Å². The van der Waals surface area contributed by atoms with Crippen LogP contribution in [0.4, 0.5) is 0 Å². The summed E-state index contributed by atoms with van der Waals surface area (Å²) < 4.78 is 13.9. The molecule has 0 radical (unpaired) electrons. The molecule has 0 amide bonds. The molecule has 2 atom stereocenters. The van der Waals surface area contributed by atoms with Crippen molar-refractivity contribution in [3.8, 4) is 0 Å². The first kappa shape index (κ1) is 9.16. The van der Waals surface area contributed by atoms with Gasteiger partial charge in [0.1, 0.15) is 11.0 Å². The molecule has 0 fully saturated rings. The smallest absolute Gasteiger partial charge is 0.127 e. The molecule has 2 rings (SSSR count). The highest BCUT2D eigenvalue weighted by Gasteiger charge is 2.28. The van der Waals surface area contributed by atoms with Crippen molar-refractivity contribution in [1.29, 1.82) is 0 Å². The maximum absolute atomic E-state index is 11.9. The SMILES string of the molecule is CC1CC2=C(C=CCC2)S(=O)N1C. The quantitative estimate of drug-likeness (QED) is 0.581. The number of rotatable bonds is 0. The summed E-state index contributed by atoms with van der Waals surface area (Å²) >= 11 is 0. The van der Waals surface area contributed by atoms with Gasteiger partial charge in [0.05, 0.1) is 4.91 Å². The predicted octanol–water partition coefficient (Wildman–Crippen LogP) is 1.98. The standard InChI is InChI=1S/C10H15NOS/c1-8-7-9-5-3-4-6-10(9)13(12)11(8)2/h4,6,8H,3,5,7H2,1-2H3. The van der Waals surface area contributed by atoms with Gasteiger partial charge < -0.3 is 0 Å². The van der Waals surface area contributed by atoms with E-state index >= 15 is 0 Å². The fraction of sp³-hybridized carbons (Fsp3) is 0.600. The van der Waals surface area contributed by atoms with Crippen molar-refractivity contribution in [1.82, 2.24) is 4.31 Å². The van der Waals surface area contributed by atoms with Gasteiger partial charge in [-0.1, -0.05) is 11.6 Å². The summed E-state index contributed by atoms with van der Waals surface area (Å²) in [5.41, 5.74) is 1.41. The Hall–Kier alpha value is -0.410. The van der Waals surface area contributed by atoms with Gasteiger partial charge in [0, 0.05) is 13.1 Å². The van der Waals surface area contributed by atoms with Crippen LogP contribution in [0, 0.1) is 0 Å². The van der Waals surface area contributed by atoms with E-state index in [2.05, 4.69) is 13.0 Å². The van der Waals surface area contributed by atoms with Crippen LogP contribution in [0.25, 0.3) is 0 Å². The number of nitrogens with zero attached hydrogens (tertiary/aromatic N) is 1. The van der Waals surface area contributed by atoms with Gasteiger partial charge in [0.25, 0.3) is 0 Å². The summed E-state index contributed by atoms with van der Waals surface area (Å²) in [6, 6.07) is 0.422. The normalized spacial score (nSPS) is 34.9. The third-order valence-corrected chi connectivity index (χ3v) is 4.53. The molecule has 0 spiro atoms. The number of hydrogen-bond donors (Lipinski definition) is 0. The van der Waals surface area contributed by atoms with Gasteiger partial charge in [-0.15, -0.1) is 0 Å². The van der Waals surface area contributed by atoms with E-state index in [9.17, 15) is 4.21 Å². The molecule has 3 heteroatoms. The molecule has 2 aliphatic rings. The second-order valence-corrected chi connectivity index (χ2v) is 5.27. The first-order valence-electron chi connectivity index (χ1n) is 4.73. The Balaban J connectivity index is 2.37. The lowest BCUT2D eigenvalue weighted by atomic mass is 9.98. The molecule has 1 heterocycles. The Morgan fingerprint density at radius 1 is 1.62 bits per heavy atom. The molecule has 0 saturated carbocycles. The minimum Gasteiger partial charge on any atom is -0.237 e. The van der Waals surface area contributed by atoms with E-state index in [4.69, 9.17) is 0 Å². The third kappa shape index (κ3) is 1.51. The van der Waals surface area contributed by atoms with Gasteiger partial charge >= 0.3 is 0 Å². The summed E-state index contributed by atoms with van der Waals surface area (Å²) in [7, 11) is 1.03. The fourth-order valence-electron chi connectivity index (χ4n) is 1.88. The van der Waals surface area contributed by atoms with Crippen LogP contribution in [0.1, 0.15) is 26.2 Å². The average Bonchev–Trinajstić information content (AvgIpc) is 2.15. The average molecular weight is 197 g/mol. The van der Waals surface area contributed by atoms with Crippen molar-refractivity contribution in [3.63, 3.8) is 0 Å². The molecule has 2 unspecified atom stereocenters. The predicted molar refractivity (Wildman–Crippen MR) is 55.4 cm³/mol. The molecule has 0 N–H and O–H groups in total. The largest absolute Gasteiger partial charge is 0.237 e. The van der Waals surface area contributed by atoms with Crippen LogP contribution in [-0.2, 0) is 11.0 Å². The summed E-state index contributed by atoms with van der Waals surface area (Å²) in [5, 5.41) is 0. The summed E-state index contributed by atoms with van der Waals surface area (Å²) in [6.07, 6.45) is 7.47. The summed E-state index contributed by atoms with van der Waals surface area (Å²) in [4.78, 5) is 1.06. The van der Waals surface area contributed by atoms with Gasteiger partial charge in [-0.2, -0.15) is 0 Å². The van der Waals surface area contributed by atoms with E-state index in [0.29, 0.717) is 6.04 Å². The highest BCUT2D eigenvalue weighted by molar-refractivity contribution is 7.87. The van der Waals surface area contributed by atoms with E-state index in [1.54, 1.807) is 0 Å². The van der Waals surface area contributed by atoms with Crippen molar-refractivity contribution >= 4 is 11.0 Å². The van der Waals surface area contributed by atoms with E-state index in [0.717, 1.165) is 24.2 Å². The Labute approximate surface area is 81.9 Å². The Kier molecular flexibility index (Phi) is 2.39. The number of hydrogen-bond acceptors (Lipinski definition) is 1. The molecule has 0 aromatic heterocycles. The van der Waals surface area contributed by atoms with Crippen molar-refractivity contribution in [2.75, 3.05) is 7.05 Å². The zero-order chi connectivity index (χ0) is 9.42. The monoisotopic (exact) mass is 197 g/mol. The third-order valence-electron chi connectivity index (χ3n) is 2.84. The van der Waals surface area contributed by atoms with Gasteiger partial charge in [0.15, 0.2) is 0 Å². The topological polar surface area (TPSA) is 20.3 Å². The van der Waals surface area contributed by atoms with Crippen molar-refractivity contribution in [3.05, 3.63) is 22.6 Å². The van der Waals surface area contributed by atoms with Gasteiger partial charge in [-0.25, -0.2) is 8.51 Å². The summed E-state index contributed by atoms with van der Waals surface area (Å²) in [5.74, 6) is 0. The van der Waals surface area contributed by atoms with E-state index in [-0.39, 0.29) is 0 Å².